The van der Waals surface area contributed by atoms with Gasteiger partial charge in [-0.2, -0.15) is 10.4 Å². The number of hydrogen-bond acceptors (Lipinski definition) is 9. The van der Waals surface area contributed by atoms with Crippen LogP contribution in [0.3, 0.4) is 0 Å². The summed E-state index contributed by atoms with van der Waals surface area (Å²) in [7, 11) is 1.76. The normalized spacial score (nSPS) is 14.4. The molecule has 13 heteroatoms. The lowest BCUT2D eigenvalue weighted by atomic mass is 10.0. The number of piperidine rings is 1. The molecule has 1 atom stereocenters. The first-order valence-corrected chi connectivity index (χ1v) is 16.2. The van der Waals surface area contributed by atoms with Crippen LogP contribution in [-0.4, -0.2) is 49.6 Å². The summed E-state index contributed by atoms with van der Waals surface area (Å²) in [6, 6.07) is 17.1. The van der Waals surface area contributed by atoms with Crippen LogP contribution in [0.15, 0.2) is 53.3 Å². The molecule has 1 saturated heterocycles. The van der Waals surface area contributed by atoms with Gasteiger partial charge in [0.05, 0.1) is 34.2 Å². The third-order valence-electron chi connectivity index (χ3n) is 8.25. The Hall–Kier alpha value is -4.60. The second kappa shape index (κ2) is 12.4. The van der Waals surface area contributed by atoms with Gasteiger partial charge in [-0.1, -0.05) is 41.7 Å². The molecule has 45 heavy (non-hydrogen) atoms. The van der Waals surface area contributed by atoms with E-state index in [1.807, 2.05) is 54.9 Å². The Bertz CT molecular complexity index is 2040. The molecule has 0 bridgehead atoms. The number of aryl methyl sites for hydroxylation is 1. The van der Waals surface area contributed by atoms with Gasteiger partial charge in [0.1, 0.15) is 11.2 Å². The molecule has 2 aromatic carbocycles. The van der Waals surface area contributed by atoms with Crippen molar-refractivity contribution in [2.45, 2.75) is 38.8 Å². The monoisotopic (exact) mass is 641 g/mol. The van der Waals surface area contributed by atoms with Crippen molar-refractivity contribution in [1.82, 2.24) is 29.0 Å². The molecule has 0 radical (unpaired) electrons. The van der Waals surface area contributed by atoms with Gasteiger partial charge in [-0.3, -0.25) is 23.6 Å². The predicted octanol–water partition coefficient (Wildman–Crippen LogP) is 5.53. The van der Waals surface area contributed by atoms with Gasteiger partial charge in [0.2, 0.25) is 5.95 Å². The predicted molar refractivity (Wildman–Crippen MR) is 179 cm³/mol. The number of anilines is 2. The van der Waals surface area contributed by atoms with Crippen LogP contribution < -0.4 is 20.5 Å². The van der Waals surface area contributed by atoms with Crippen LogP contribution in [0.4, 0.5) is 11.6 Å². The molecule has 1 fully saturated rings. The van der Waals surface area contributed by atoms with Crippen molar-refractivity contribution in [1.29, 1.82) is 5.26 Å². The van der Waals surface area contributed by atoms with Gasteiger partial charge in [0, 0.05) is 37.3 Å². The maximum atomic E-state index is 13.7. The zero-order valence-corrected chi connectivity index (χ0v) is 26.9. The fourth-order valence-electron chi connectivity index (χ4n) is 6.09. The molecule has 11 nitrogen and oxygen atoms in total. The quantitative estimate of drug-likeness (QED) is 0.174. The van der Waals surface area contributed by atoms with Crippen LogP contribution >= 0.6 is 23.5 Å². The Labute approximate surface area is 269 Å². The van der Waals surface area contributed by atoms with Gasteiger partial charge in [-0.15, -0.1) is 0 Å². The molecule has 1 aliphatic rings. The molecule has 230 valence electrons. The number of carbonyl (C=O) groups is 1. The SMILES string of the molecule is CSNC(=O)c1nc(Cl)ccc1NC(C)c1cc(C)cc2c(=O)n(C)c(N3CCC(n4nc(C#N)c5ccccc54)CC3)nc12. The maximum Gasteiger partial charge on any atom is 0.281 e. The van der Waals surface area contributed by atoms with Crippen LogP contribution in [0, 0.1) is 18.3 Å². The van der Waals surface area contributed by atoms with Crippen LogP contribution in [0.25, 0.3) is 21.8 Å². The summed E-state index contributed by atoms with van der Waals surface area (Å²) in [6.07, 6.45) is 3.33. The molecule has 1 aliphatic heterocycles. The first-order chi connectivity index (χ1) is 21.7. The van der Waals surface area contributed by atoms with Gasteiger partial charge in [0.25, 0.3) is 11.5 Å². The van der Waals surface area contributed by atoms with Crippen molar-refractivity contribution in [3.05, 3.63) is 86.6 Å². The average molecular weight is 642 g/mol. The van der Waals surface area contributed by atoms with Crippen LogP contribution in [0.2, 0.25) is 5.15 Å². The zero-order chi connectivity index (χ0) is 31.8. The number of nitriles is 1. The Balaban J connectivity index is 1.32. The lowest BCUT2D eigenvalue weighted by molar-refractivity contribution is 0.0980. The van der Waals surface area contributed by atoms with Gasteiger partial charge in [-0.25, -0.2) is 9.97 Å². The molecule has 0 aliphatic carbocycles. The number of para-hydroxylation sites is 1. The first kappa shape index (κ1) is 30.4. The van der Waals surface area contributed by atoms with E-state index in [0.717, 1.165) is 34.9 Å². The molecule has 1 unspecified atom stereocenters. The number of nitrogens with one attached hydrogen (secondary N) is 2. The number of benzene rings is 2. The summed E-state index contributed by atoms with van der Waals surface area (Å²) >= 11 is 7.30. The summed E-state index contributed by atoms with van der Waals surface area (Å²) in [5.41, 5.74) is 4.32. The lowest BCUT2D eigenvalue weighted by Crippen LogP contribution is -2.39. The molecule has 5 aromatic rings. The summed E-state index contributed by atoms with van der Waals surface area (Å²) in [6.45, 7) is 5.26. The minimum atomic E-state index is -0.363. The molecule has 0 spiro atoms. The Morgan fingerprint density at radius 3 is 2.62 bits per heavy atom. The van der Waals surface area contributed by atoms with Crippen LogP contribution in [-0.2, 0) is 7.05 Å². The number of hydrogen-bond donors (Lipinski definition) is 2. The number of rotatable bonds is 7. The number of pyridine rings is 1. The highest BCUT2D eigenvalue weighted by Gasteiger charge is 2.27. The van der Waals surface area contributed by atoms with Gasteiger partial charge in [-0.05, 0) is 62.6 Å². The Kier molecular flexibility index (Phi) is 8.40. The van der Waals surface area contributed by atoms with Gasteiger partial charge < -0.3 is 10.2 Å². The third kappa shape index (κ3) is 5.69. The van der Waals surface area contributed by atoms with Crippen LogP contribution in [0.5, 0.6) is 0 Å². The van der Waals surface area contributed by atoms with E-state index in [0.29, 0.717) is 41.3 Å². The average Bonchev–Trinajstić information content (AvgIpc) is 3.42. The topological polar surface area (TPSA) is 134 Å². The highest BCUT2D eigenvalue weighted by Crippen LogP contribution is 2.32. The van der Waals surface area contributed by atoms with E-state index in [1.165, 1.54) is 11.9 Å². The minimum absolute atomic E-state index is 0.124. The third-order valence-corrected chi connectivity index (χ3v) is 8.85. The Morgan fingerprint density at radius 1 is 1.13 bits per heavy atom. The van der Waals surface area contributed by atoms with E-state index < -0.39 is 0 Å². The molecule has 0 saturated carbocycles. The molecule has 3 aromatic heterocycles. The number of aromatic nitrogens is 5. The maximum absolute atomic E-state index is 13.7. The first-order valence-electron chi connectivity index (χ1n) is 14.6. The second-order valence-electron chi connectivity index (χ2n) is 11.2. The fraction of sp³-hybridized carbons (Fsp3) is 0.312. The van der Waals surface area contributed by atoms with E-state index in [4.69, 9.17) is 16.6 Å². The molecular formula is C32H32ClN9O2S. The van der Waals surface area contributed by atoms with E-state index in [9.17, 15) is 14.9 Å². The molecular weight excluding hydrogens is 610 g/mol. The Morgan fingerprint density at radius 2 is 1.89 bits per heavy atom. The second-order valence-corrected chi connectivity index (χ2v) is 12.2. The smallest absolute Gasteiger partial charge is 0.281 e. The largest absolute Gasteiger partial charge is 0.377 e. The van der Waals surface area contributed by atoms with E-state index in [2.05, 4.69) is 31.1 Å². The van der Waals surface area contributed by atoms with Gasteiger partial charge in [0.15, 0.2) is 11.4 Å². The molecule has 1 amide bonds. The van der Waals surface area contributed by atoms with E-state index >= 15 is 0 Å². The fourth-order valence-corrected chi connectivity index (χ4v) is 6.52. The molecule has 6 rings (SSSR count). The standard InChI is InChI=1S/C32H32ClN9O2S/c1-18-15-22(19(2)35-24-9-10-27(33)36-29(24)30(43)39-45-4)28-23(16-18)31(44)40(3)32(37-28)41-13-11-20(12-14-41)42-26-8-6-5-7-21(26)25(17-34)38-42/h5-10,15-16,19-20,35H,11-14H2,1-4H3,(H,39,43). The summed E-state index contributed by atoms with van der Waals surface area (Å²) < 4.78 is 6.30. The summed E-state index contributed by atoms with van der Waals surface area (Å²) in [5, 5.41) is 19.2. The van der Waals surface area contributed by atoms with Crippen molar-refractivity contribution in [2.24, 2.45) is 7.05 Å². The minimum Gasteiger partial charge on any atom is -0.377 e. The zero-order valence-electron chi connectivity index (χ0n) is 25.3. The number of nitrogens with zero attached hydrogens (tertiary/aromatic N) is 7. The number of fused-ring (bicyclic) bond motifs is 2. The van der Waals surface area contributed by atoms with Crippen molar-refractivity contribution in [3.8, 4) is 6.07 Å². The van der Waals surface area contributed by atoms with E-state index in [1.54, 1.807) is 30.0 Å². The molecule has 4 heterocycles. The lowest BCUT2D eigenvalue weighted by Gasteiger charge is -2.34. The summed E-state index contributed by atoms with van der Waals surface area (Å²) in [4.78, 5) is 38.0. The highest BCUT2D eigenvalue weighted by atomic mass is 35.5. The van der Waals surface area contributed by atoms with Crippen molar-refractivity contribution in [2.75, 3.05) is 29.6 Å². The summed E-state index contributed by atoms with van der Waals surface area (Å²) in [5.74, 6) is 0.234. The van der Waals surface area contributed by atoms with Crippen molar-refractivity contribution in [3.63, 3.8) is 0 Å². The number of amides is 1. The number of halogens is 1. The van der Waals surface area contributed by atoms with E-state index in [-0.39, 0.29) is 34.4 Å². The van der Waals surface area contributed by atoms with Crippen LogP contribution in [0.1, 0.15) is 59.2 Å². The molecule has 2 N–H and O–H groups in total. The van der Waals surface area contributed by atoms with Gasteiger partial charge >= 0.3 is 0 Å². The highest BCUT2D eigenvalue weighted by molar-refractivity contribution is 7.97. The number of carbonyl (C=O) groups excluding carboxylic acids is 1. The van der Waals surface area contributed by atoms with Crippen molar-refractivity contribution < 1.29 is 4.79 Å². The van der Waals surface area contributed by atoms with Crippen molar-refractivity contribution >= 4 is 62.9 Å².